The summed E-state index contributed by atoms with van der Waals surface area (Å²) >= 11 is 3.80. The first-order valence-electron chi connectivity index (χ1n) is 20.4. The minimum Gasteiger partial charge on any atom is -0.457 e. The molecule has 0 unspecified atom stereocenters. The highest BCUT2D eigenvalue weighted by Crippen LogP contribution is 2.60. The number of benzene rings is 4. The third-order valence-electron chi connectivity index (χ3n) is 11.5. The van der Waals surface area contributed by atoms with Crippen LogP contribution >= 0.6 is 45.3 Å². The summed E-state index contributed by atoms with van der Waals surface area (Å²) < 4.78 is 102. The number of rotatable bonds is 8. The summed E-state index contributed by atoms with van der Waals surface area (Å²) in [6.07, 6.45) is -7.21. The Hall–Kier alpha value is -7.46. The van der Waals surface area contributed by atoms with Crippen molar-refractivity contribution in [1.29, 1.82) is 0 Å². The van der Waals surface area contributed by atoms with Crippen molar-refractivity contribution >= 4 is 123 Å². The van der Waals surface area contributed by atoms with Crippen molar-refractivity contribution in [3.63, 3.8) is 0 Å². The van der Waals surface area contributed by atoms with Crippen LogP contribution in [0.2, 0.25) is 0 Å². The molecule has 0 saturated heterocycles. The molecule has 3 aliphatic rings. The highest BCUT2D eigenvalue weighted by molar-refractivity contribution is 7.34. The highest BCUT2D eigenvalue weighted by atomic mass is 32.1. The maximum absolute atomic E-state index is 15.0. The standard InChI is InChI=1S/C49H22F6N2O9S4/c50-48(51,52)23-11-13-25-27(15-23)29(36(60)34(25)58)17-31-56-43-40(67-31)33-39(69-43)41-38(66-47(33,45(62)64-19-21-7-3-1-4-8-21)46(63)65-20-22-9-5-2-6-10-22)42-44(70-41)57-32(68-42)18-30-28-16-24(49(53,54)55)12-14-26(28)35(59)37(30)61/h1-18H,19-20H2/b29-17-,30-18-. The second-order valence-electron chi connectivity index (χ2n) is 15.8. The first kappa shape index (κ1) is 45.0. The lowest BCUT2D eigenvalue weighted by atomic mass is 9.91. The van der Waals surface area contributed by atoms with Gasteiger partial charge in [0.25, 0.3) is 0 Å². The van der Waals surface area contributed by atoms with E-state index in [0.717, 1.165) is 63.5 Å². The van der Waals surface area contributed by atoms with Crippen LogP contribution in [-0.2, 0) is 59.8 Å². The summed E-state index contributed by atoms with van der Waals surface area (Å²) in [5.74, 6) is -6.61. The summed E-state index contributed by atoms with van der Waals surface area (Å²) in [5, 5.41) is 0.0926. The predicted octanol–water partition coefficient (Wildman–Crippen LogP) is 11.4. The van der Waals surface area contributed by atoms with E-state index in [4.69, 9.17) is 14.2 Å². The van der Waals surface area contributed by atoms with Gasteiger partial charge in [0.15, 0.2) is 5.75 Å². The lowest BCUT2D eigenvalue weighted by Gasteiger charge is -2.33. The summed E-state index contributed by atoms with van der Waals surface area (Å²) in [6, 6.07) is 21.7. The second-order valence-corrected chi connectivity index (χ2v) is 19.9. The minimum absolute atomic E-state index is 0.0239. The van der Waals surface area contributed by atoms with E-state index in [2.05, 4.69) is 9.97 Å². The number of carbonyl (C=O) groups is 6. The Kier molecular flexibility index (Phi) is 10.5. The van der Waals surface area contributed by atoms with Crippen LogP contribution in [0.25, 0.3) is 52.1 Å². The number of Topliss-reactive ketones (excluding diaryl/α,β-unsaturated/α-hetero) is 4. The van der Waals surface area contributed by atoms with E-state index in [9.17, 15) is 45.5 Å². The van der Waals surface area contributed by atoms with Gasteiger partial charge in [-0.25, -0.2) is 19.6 Å². The van der Waals surface area contributed by atoms with Crippen molar-refractivity contribution in [2.24, 2.45) is 0 Å². The number of halogens is 6. The fraction of sp³-hybridized carbons (Fsp3) is 0.102. The molecular formula is C49H22F6N2O9S4. The Morgan fingerprint density at radius 1 is 0.557 bits per heavy atom. The van der Waals surface area contributed by atoms with Gasteiger partial charge in [0.2, 0.25) is 23.1 Å². The van der Waals surface area contributed by atoms with E-state index in [0.29, 0.717) is 34.2 Å². The third kappa shape index (κ3) is 7.29. The molecule has 0 radical (unpaired) electrons. The molecule has 2 aliphatic carbocycles. The number of esters is 2. The molecule has 1 aliphatic heterocycles. The van der Waals surface area contributed by atoms with E-state index in [1.807, 2.05) is 0 Å². The van der Waals surface area contributed by atoms with E-state index in [1.165, 1.54) is 12.2 Å². The van der Waals surface area contributed by atoms with E-state index >= 15 is 9.59 Å². The zero-order chi connectivity index (χ0) is 49.0. The van der Waals surface area contributed by atoms with Gasteiger partial charge in [0, 0.05) is 22.3 Å². The zero-order valence-corrected chi connectivity index (χ0v) is 38.0. The normalized spacial score (nSPS) is 16.2. The number of aromatic nitrogens is 2. The number of alkyl halides is 6. The third-order valence-corrected chi connectivity index (χ3v) is 16.1. The summed E-state index contributed by atoms with van der Waals surface area (Å²) in [6.45, 7) is -0.688. The minimum atomic E-state index is -4.79. The Balaban J connectivity index is 1.08. The Morgan fingerprint density at radius 3 is 1.47 bits per heavy atom. The van der Waals surface area contributed by atoms with E-state index in [-0.39, 0.29) is 91.9 Å². The topological polar surface area (TPSA) is 156 Å². The molecule has 4 aromatic carbocycles. The number of thiazole rings is 2. The molecule has 0 saturated carbocycles. The van der Waals surface area contributed by atoms with Gasteiger partial charge in [-0.3, -0.25) is 19.2 Å². The lowest BCUT2D eigenvalue weighted by Crippen LogP contribution is -2.52. The zero-order valence-electron chi connectivity index (χ0n) is 34.8. The van der Waals surface area contributed by atoms with Gasteiger partial charge in [-0.05, 0) is 70.8 Å². The van der Waals surface area contributed by atoms with Crippen LogP contribution in [0.15, 0.2) is 97.1 Å². The number of thiophene rings is 2. The Labute approximate surface area is 403 Å². The molecule has 348 valence electrons. The molecule has 0 bridgehead atoms. The molecule has 0 fully saturated rings. The molecule has 0 N–H and O–H groups in total. The van der Waals surface area contributed by atoms with Crippen LogP contribution in [0.4, 0.5) is 26.3 Å². The van der Waals surface area contributed by atoms with Crippen LogP contribution < -0.4 is 4.74 Å². The van der Waals surface area contributed by atoms with Gasteiger partial charge in [0.05, 0.1) is 31.1 Å². The van der Waals surface area contributed by atoms with Crippen LogP contribution in [0.1, 0.15) is 69.7 Å². The van der Waals surface area contributed by atoms with Gasteiger partial charge in [-0.1, -0.05) is 60.7 Å². The number of hydrogen-bond acceptors (Lipinski definition) is 15. The number of nitrogens with zero attached hydrogens (tertiary/aromatic N) is 2. The molecule has 0 atom stereocenters. The molecule has 21 heteroatoms. The molecule has 0 spiro atoms. The van der Waals surface area contributed by atoms with E-state index < -0.39 is 64.2 Å². The first-order valence-corrected chi connectivity index (χ1v) is 23.7. The van der Waals surface area contributed by atoms with Crippen LogP contribution in [0.3, 0.4) is 0 Å². The Morgan fingerprint density at radius 2 is 1.00 bits per heavy atom. The van der Waals surface area contributed by atoms with Gasteiger partial charge in [-0.2, -0.15) is 26.3 Å². The van der Waals surface area contributed by atoms with Gasteiger partial charge < -0.3 is 14.2 Å². The van der Waals surface area contributed by atoms with Crippen LogP contribution in [0, 0.1) is 0 Å². The molecule has 8 aromatic rings. The first-order chi connectivity index (χ1) is 33.4. The molecule has 70 heavy (non-hydrogen) atoms. The summed E-state index contributed by atoms with van der Waals surface area (Å²) in [5.41, 5.74) is -5.51. The van der Waals surface area contributed by atoms with Crippen molar-refractivity contribution in [2.75, 3.05) is 0 Å². The van der Waals surface area contributed by atoms with Crippen molar-refractivity contribution in [2.45, 2.75) is 31.2 Å². The molecule has 11 nitrogen and oxygen atoms in total. The van der Waals surface area contributed by atoms with E-state index in [1.54, 1.807) is 60.7 Å². The second kappa shape index (κ2) is 16.3. The average molecular weight is 1020 g/mol. The van der Waals surface area contributed by atoms with Crippen molar-refractivity contribution in [3.05, 3.63) is 157 Å². The molecule has 11 rings (SSSR count). The fourth-order valence-corrected chi connectivity index (χ4v) is 13.1. The van der Waals surface area contributed by atoms with Crippen molar-refractivity contribution in [3.8, 4) is 15.5 Å². The highest BCUT2D eigenvalue weighted by Gasteiger charge is 2.60. The van der Waals surface area contributed by atoms with Gasteiger partial charge in [0.1, 0.15) is 37.6 Å². The van der Waals surface area contributed by atoms with Gasteiger partial charge >= 0.3 is 29.9 Å². The van der Waals surface area contributed by atoms with Gasteiger partial charge in [-0.15, -0.1) is 45.3 Å². The fourth-order valence-electron chi connectivity index (χ4n) is 8.20. The smallest absolute Gasteiger partial charge is 0.416 e. The molecule has 4 aromatic heterocycles. The lowest BCUT2D eigenvalue weighted by molar-refractivity contribution is -0.183. The number of hydrogen-bond donors (Lipinski definition) is 0. The summed E-state index contributed by atoms with van der Waals surface area (Å²) in [7, 11) is 0. The average Bonchev–Trinajstić information content (AvgIpc) is 4.17. The van der Waals surface area contributed by atoms with Crippen LogP contribution in [-0.4, -0.2) is 45.0 Å². The number of ketones is 4. The van der Waals surface area contributed by atoms with Crippen molar-refractivity contribution in [1.82, 2.24) is 9.97 Å². The number of carbonyl (C=O) groups excluding carboxylic acids is 6. The SMILES string of the molecule is O=C1C(=O)c2ccc(C(F)(F)F)cc2/C1=C/c1nc2sc3c(c2s1)OC(C(=O)OCc1ccccc1)(C(=O)OCc1ccccc1)c1c-3sc2nc(/C=C3\C(=O)C(=O)c4ccc(C(F)(F)F)cc43)sc12. The number of fused-ring (bicyclic) bond motifs is 9. The predicted molar refractivity (Wildman–Crippen MR) is 246 cm³/mol. The molecular weight excluding hydrogens is 1000 g/mol. The quantitative estimate of drug-likeness (QED) is 0.0469. The van der Waals surface area contributed by atoms with Crippen molar-refractivity contribution < 1.29 is 69.3 Å². The number of ether oxygens (including phenoxy) is 3. The maximum Gasteiger partial charge on any atom is 0.416 e. The van der Waals surface area contributed by atoms with Crippen LogP contribution in [0.5, 0.6) is 5.75 Å². The Bertz CT molecular complexity index is 3640. The monoisotopic (exact) mass is 1020 g/mol. The largest absolute Gasteiger partial charge is 0.457 e. The summed E-state index contributed by atoms with van der Waals surface area (Å²) in [4.78, 5) is 92.8. The molecule has 0 amide bonds. The molecule has 5 heterocycles. The number of allylic oxidation sites excluding steroid dienone is 2. The maximum atomic E-state index is 15.0.